The van der Waals surface area contributed by atoms with Crippen molar-refractivity contribution >= 4 is 0 Å². The van der Waals surface area contributed by atoms with Crippen molar-refractivity contribution in [2.24, 2.45) is 0 Å². The fraction of sp³-hybridized carbons (Fsp3) is 0.667. The van der Waals surface area contributed by atoms with Crippen molar-refractivity contribution in [1.29, 1.82) is 0 Å². The second-order valence-electron chi connectivity index (χ2n) is 6.83. The second-order valence-corrected chi connectivity index (χ2v) is 6.83. The van der Waals surface area contributed by atoms with Crippen molar-refractivity contribution in [3.8, 4) is 0 Å². The Morgan fingerprint density at radius 2 is 1.87 bits per heavy atom. The first-order valence-electron chi connectivity index (χ1n) is 8.70. The molecule has 0 spiro atoms. The van der Waals surface area contributed by atoms with E-state index in [4.69, 9.17) is 0 Å². The highest BCUT2D eigenvalue weighted by molar-refractivity contribution is 5.17. The SMILES string of the molecule is OCCC1CN(Cc2ccc(F)c(F)c2)CCN1C1CCCC1. The predicted molar refractivity (Wildman–Crippen MR) is 86.1 cm³/mol. The highest BCUT2D eigenvalue weighted by Gasteiger charge is 2.32. The van der Waals surface area contributed by atoms with Crippen LogP contribution in [0.4, 0.5) is 8.78 Å². The van der Waals surface area contributed by atoms with Gasteiger partial charge < -0.3 is 5.11 Å². The number of halogens is 2. The van der Waals surface area contributed by atoms with Crippen LogP contribution in [0.1, 0.15) is 37.7 Å². The van der Waals surface area contributed by atoms with E-state index in [1.807, 2.05) is 0 Å². The van der Waals surface area contributed by atoms with Crippen LogP contribution in [0.3, 0.4) is 0 Å². The standard InChI is InChI=1S/C18H26F2N2O/c19-17-6-5-14(11-18(17)20)12-21-8-9-22(15-3-1-2-4-15)16(13-21)7-10-23/h5-6,11,15-16,23H,1-4,7-10,12-13H2. The molecule has 0 aromatic heterocycles. The smallest absolute Gasteiger partial charge is 0.159 e. The van der Waals surface area contributed by atoms with E-state index >= 15 is 0 Å². The Balaban J connectivity index is 1.62. The van der Waals surface area contributed by atoms with E-state index in [-0.39, 0.29) is 6.61 Å². The Hall–Kier alpha value is -1.04. The molecule has 1 heterocycles. The van der Waals surface area contributed by atoms with Gasteiger partial charge in [0.15, 0.2) is 11.6 Å². The van der Waals surface area contributed by atoms with Gasteiger partial charge in [0.05, 0.1) is 0 Å². The summed E-state index contributed by atoms with van der Waals surface area (Å²) in [7, 11) is 0. The number of piperazine rings is 1. The van der Waals surface area contributed by atoms with Crippen LogP contribution in [-0.2, 0) is 6.54 Å². The van der Waals surface area contributed by atoms with Crippen LogP contribution >= 0.6 is 0 Å². The summed E-state index contributed by atoms with van der Waals surface area (Å²) in [6, 6.07) is 5.17. The number of benzene rings is 1. The van der Waals surface area contributed by atoms with Crippen LogP contribution in [0.15, 0.2) is 18.2 Å². The molecule has 0 bridgehead atoms. The molecule has 128 valence electrons. The maximum atomic E-state index is 13.4. The van der Waals surface area contributed by atoms with Crippen molar-refractivity contribution < 1.29 is 13.9 Å². The molecule has 5 heteroatoms. The van der Waals surface area contributed by atoms with Gasteiger partial charge in [-0.15, -0.1) is 0 Å². The molecule has 3 rings (SSSR count). The lowest BCUT2D eigenvalue weighted by Gasteiger charge is -2.44. The van der Waals surface area contributed by atoms with Crippen LogP contribution in [-0.4, -0.2) is 53.2 Å². The highest BCUT2D eigenvalue weighted by atomic mass is 19.2. The van der Waals surface area contributed by atoms with Gasteiger partial charge in [0.25, 0.3) is 0 Å². The Morgan fingerprint density at radius 3 is 2.57 bits per heavy atom. The Bertz CT molecular complexity index is 520. The molecule has 1 N–H and O–H groups in total. The third-order valence-electron chi connectivity index (χ3n) is 5.26. The summed E-state index contributed by atoms with van der Waals surface area (Å²) in [4.78, 5) is 4.86. The summed E-state index contributed by atoms with van der Waals surface area (Å²) >= 11 is 0. The molecule has 1 atom stereocenters. The molecule has 1 aliphatic heterocycles. The molecule has 0 amide bonds. The summed E-state index contributed by atoms with van der Waals surface area (Å²) < 4.78 is 26.4. The molecule has 1 saturated heterocycles. The van der Waals surface area contributed by atoms with Crippen LogP contribution in [0, 0.1) is 11.6 Å². The second kappa shape index (κ2) is 7.69. The predicted octanol–water partition coefficient (Wildman–Crippen LogP) is 2.78. The zero-order valence-corrected chi connectivity index (χ0v) is 13.6. The zero-order valence-electron chi connectivity index (χ0n) is 13.6. The van der Waals surface area contributed by atoms with Crippen LogP contribution in [0.25, 0.3) is 0 Å². The first kappa shape index (κ1) is 16.8. The number of aliphatic hydroxyl groups is 1. The van der Waals surface area contributed by atoms with Crippen molar-refractivity contribution in [3.05, 3.63) is 35.4 Å². The van der Waals surface area contributed by atoms with E-state index < -0.39 is 11.6 Å². The van der Waals surface area contributed by atoms with Crippen molar-refractivity contribution in [2.75, 3.05) is 26.2 Å². The average Bonchev–Trinajstić information content (AvgIpc) is 3.06. The number of hydrogen-bond acceptors (Lipinski definition) is 3. The van der Waals surface area contributed by atoms with E-state index in [0.717, 1.165) is 31.6 Å². The van der Waals surface area contributed by atoms with Gasteiger partial charge in [0.2, 0.25) is 0 Å². The van der Waals surface area contributed by atoms with E-state index in [0.29, 0.717) is 18.6 Å². The molecule has 2 fully saturated rings. The number of aliphatic hydroxyl groups excluding tert-OH is 1. The molecule has 1 aliphatic carbocycles. The lowest BCUT2D eigenvalue weighted by Crippen LogP contribution is -2.56. The van der Waals surface area contributed by atoms with Gasteiger partial charge in [0, 0.05) is 44.9 Å². The average molecular weight is 324 g/mol. The minimum absolute atomic E-state index is 0.201. The maximum Gasteiger partial charge on any atom is 0.159 e. The zero-order chi connectivity index (χ0) is 16.2. The highest BCUT2D eigenvalue weighted by Crippen LogP contribution is 2.28. The van der Waals surface area contributed by atoms with E-state index in [1.165, 1.54) is 37.8 Å². The van der Waals surface area contributed by atoms with Crippen LogP contribution in [0.2, 0.25) is 0 Å². The fourth-order valence-corrected chi connectivity index (χ4v) is 4.10. The molecular formula is C18H26F2N2O. The maximum absolute atomic E-state index is 13.4. The van der Waals surface area contributed by atoms with Crippen molar-refractivity contribution in [3.63, 3.8) is 0 Å². The van der Waals surface area contributed by atoms with Gasteiger partial charge >= 0.3 is 0 Å². The number of hydrogen-bond donors (Lipinski definition) is 1. The summed E-state index contributed by atoms with van der Waals surface area (Å²) in [6.45, 7) is 3.66. The molecule has 1 saturated carbocycles. The van der Waals surface area contributed by atoms with Gasteiger partial charge in [-0.2, -0.15) is 0 Å². The third-order valence-corrected chi connectivity index (χ3v) is 5.26. The van der Waals surface area contributed by atoms with Crippen molar-refractivity contribution in [1.82, 2.24) is 9.80 Å². The normalized spacial score (nSPS) is 24.4. The monoisotopic (exact) mass is 324 g/mol. The van der Waals surface area contributed by atoms with E-state index in [9.17, 15) is 13.9 Å². The molecular weight excluding hydrogens is 298 g/mol. The van der Waals surface area contributed by atoms with Gasteiger partial charge in [-0.3, -0.25) is 9.80 Å². The first-order chi connectivity index (χ1) is 11.2. The molecule has 2 aliphatic rings. The first-order valence-corrected chi connectivity index (χ1v) is 8.70. The summed E-state index contributed by atoms with van der Waals surface area (Å²) in [6.07, 6.45) is 5.94. The van der Waals surface area contributed by atoms with Gasteiger partial charge in [0.1, 0.15) is 0 Å². The summed E-state index contributed by atoms with van der Waals surface area (Å²) in [5.74, 6) is -1.57. The quantitative estimate of drug-likeness (QED) is 0.902. The van der Waals surface area contributed by atoms with Gasteiger partial charge in [-0.1, -0.05) is 18.9 Å². The largest absolute Gasteiger partial charge is 0.396 e. The van der Waals surface area contributed by atoms with Crippen molar-refractivity contribution in [2.45, 2.75) is 50.7 Å². The lowest BCUT2D eigenvalue weighted by molar-refractivity contribution is 0.0267. The molecule has 1 aromatic rings. The third kappa shape index (κ3) is 4.08. The molecule has 23 heavy (non-hydrogen) atoms. The minimum atomic E-state index is -0.794. The summed E-state index contributed by atoms with van der Waals surface area (Å²) in [5.41, 5.74) is 0.806. The summed E-state index contributed by atoms with van der Waals surface area (Å²) in [5, 5.41) is 9.39. The van der Waals surface area contributed by atoms with Crippen LogP contribution in [0.5, 0.6) is 0 Å². The molecule has 3 nitrogen and oxygen atoms in total. The van der Waals surface area contributed by atoms with Gasteiger partial charge in [-0.25, -0.2) is 8.78 Å². The number of nitrogens with zero attached hydrogens (tertiary/aromatic N) is 2. The van der Waals surface area contributed by atoms with E-state index in [2.05, 4.69) is 9.80 Å². The topological polar surface area (TPSA) is 26.7 Å². The fourth-order valence-electron chi connectivity index (χ4n) is 4.10. The Morgan fingerprint density at radius 1 is 1.09 bits per heavy atom. The lowest BCUT2D eigenvalue weighted by atomic mass is 10.0. The minimum Gasteiger partial charge on any atom is -0.396 e. The van der Waals surface area contributed by atoms with Gasteiger partial charge in [-0.05, 0) is 37.0 Å². The Kier molecular flexibility index (Phi) is 5.62. The molecule has 0 radical (unpaired) electrons. The van der Waals surface area contributed by atoms with Crippen LogP contribution < -0.4 is 0 Å². The number of rotatable bonds is 5. The molecule has 1 unspecified atom stereocenters. The Labute approximate surface area is 136 Å². The molecule has 1 aromatic carbocycles. The van der Waals surface area contributed by atoms with E-state index in [1.54, 1.807) is 6.07 Å².